The molecule has 0 radical (unpaired) electrons. The van der Waals surface area contributed by atoms with Crippen molar-refractivity contribution in [2.45, 2.75) is 25.6 Å². The zero-order chi connectivity index (χ0) is 29.4. The highest BCUT2D eigenvalue weighted by molar-refractivity contribution is 6.33. The molecule has 0 aromatic heterocycles. The Morgan fingerprint density at radius 3 is 2.05 bits per heavy atom. The van der Waals surface area contributed by atoms with Gasteiger partial charge in [0.25, 0.3) is 5.91 Å². The molecule has 0 saturated carbocycles. The molecule has 0 aliphatic rings. The van der Waals surface area contributed by atoms with Crippen LogP contribution >= 0.6 is 23.2 Å². The van der Waals surface area contributed by atoms with Gasteiger partial charge in [-0.2, -0.15) is 0 Å². The molecule has 0 fully saturated rings. The molecule has 0 aliphatic carbocycles. The monoisotopic (exact) mass is 590 g/mol. The number of carboxylic acids is 2. The highest BCUT2D eigenvalue weighted by Crippen LogP contribution is 2.26. The van der Waals surface area contributed by atoms with Crippen LogP contribution in [-0.4, -0.2) is 45.5 Å². The van der Waals surface area contributed by atoms with Gasteiger partial charge in [-0.1, -0.05) is 96.0 Å². The second kappa shape index (κ2) is 13.9. The van der Waals surface area contributed by atoms with E-state index in [1.807, 2.05) is 65.6 Å². The van der Waals surface area contributed by atoms with Crippen LogP contribution in [0.1, 0.15) is 27.0 Å². The molecule has 3 N–H and O–H groups in total. The fourth-order valence-corrected chi connectivity index (χ4v) is 4.87. The van der Waals surface area contributed by atoms with Gasteiger partial charge in [0.2, 0.25) is 0 Å². The number of rotatable bonds is 12. The minimum absolute atomic E-state index is 0.0843. The highest BCUT2D eigenvalue weighted by atomic mass is 35.5. The van der Waals surface area contributed by atoms with Crippen molar-refractivity contribution in [1.29, 1.82) is 0 Å². The standard InChI is InChI=1S/C32H28Cl2N2O5/c33-25-15-11-22(12-16-25)18-36(20-30(37)38)19-24-5-1-2-6-26(24)23-13-9-21(10-14-23)17-29(32(40)41)35-31(39)27-7-3-4-8-28(27)34/h1-16,29H,17-20H2,(H,35,39)(H,37,38)(H,40,41)/t29-/m0/s1. The Labute approximate surface area is 248 Å². The maximum absolute atomic E-state index is 12.6. The van der Waals surface area contributed by atoms with Gasteiger partial charge in [-0.05, 0) is 52.1 Å². The number of hydrogen-bond acceptors (Lipinski definition) is 4. The zero-order valence-electron chi connectivity index (χ0n) is 22.0. The second-order valence-electron chi connectivity index (χ2n) is 9.57. The van der Waals surface area contributed by atoms with Crippen LogP contribution in [0.2, 0.25) is 10.0 Å². The molecule has 0 unspecified atom stereocenters. The first-order chi connectivity index (χ1) is 19.7. The molecule has 7 nitrogen and oxygen atoms in total. The Balaban J connectivity index is 1.49. The molecule has 0 saturated heterocycles. The van der Waals surface area contributed by atoms with E-state index in [1.165, 1.54) is 6.07 Å². The van der Waals surface area contributed by atoms with Gasteiger partial charge < -0.3 is 15.5 Å². The molecule has 0 bridgehead atoms. The summed E-state index contributed by atoms with van der Waals surface area (Å²) in [6.07, 6.45) is 0.0843. The van der Waals surface area contributed by atoms with E-state index in [1.54, 1.807) is 30.3 Å². The van der Waals surface area contributed by atoms with E-state index in [-0.39, 0.29) is 23.6 Å². The lowest BCUT2D eigenvalue weighted by atomic mass is 9.96. The fraction of sp³-hybridized carbons (Fsp3) is 0.156. The summed E-state index contributed by atoms with van der Waals surface area (Å²) >= 11 is 12.1. The van der Waals surface area contributed by atoms with Gasteiger partial charge in [0, 0.05) is 24.5 Å². The van der Waals surface area contributed by atoms with E-state index < -0.39 is 23.9 Å². The molecule has 1 atom stereocenters. The van der Waals surface area contributed by atoms with Crippen LogP contribution in [-0.2, 0) is 29.1 Å². The van der Waals surface area contributed by atoms with Crippen molar-refractivity contribution in [2.75, 3.05) is 6.54 Å². The van der Waals surface area contributed by atoms with Crippen molar-refractivity contribution in [1.82, 2.24) is 10.2 Å². The predicted octanol–water partition coefficient (Wildman–Crippen LogP) is 6.17. The minimum atomic E-state index is -1.15. The van der Waals surface area contributed by atoms with E-state index >= 15 is 0 Å². The third-order valence-corrected chi connectivity index (χ3v) is 7.10. The first-order valence-corrected chi connectivity index (χ1v) is 13.6. The van der Waals surface area contributed by atoms with Crippen molar-refractivity contribution in [3.63, 3.8) is 0 Å². The smallest absolute Gasteiger partial charge is 0.326 e. The van der Waals surface area contributed by atoms with E-state index in [0.717, 1.165) is 27.8 Å². The molecule has 4 aromatic carbocycles. The molecule has 41 heavy (non-hydrogen) atoms. The quantitative estimate of drug-likeness (QED) is 0.182. The first kappa shape index (κ1) is 29.8. The van der Waals surface area contributed by atoms with E-state index in [4.69, 9.17) is 23.2 Å². The lowest BCUT2D eigenvalue weighted by molar-refractivity contribution is -0.139. The zero-order valence-corrected chi connectivity index (χ0v) is 23.5. The summed E-state index contributed by atoms with van der Waals surface area (Å²) in [5.41, 5.74) is 4.68. The Morgan fingerprint density at radius 2 is 1.39 bits per heavy atom. The second-order valence-corrected chi connectivity index (χ2v) is 10.4. The van der Waals surface area contributed by atoms with Gasteiger partial charge in [0.15, 0.2) is 0 Å². The predicted molar refractivity (Wildman–Crippen MR) is 159 cm³/mol. The van der Waals surface area contributed by atoms with Crippen LogP contribution < -0.4 is 5.32 Å². The van der Waals surface area contributed by atoms with Gasteiger partial charge in [0.1, 0.15) is 6.04 Å². The SMILES string of the molecule is O=C(O)CN(Cc1ccc(Cl)cc1)Cc1ccccc1-c1ccc(C[C@H](NC(=O)c2ccccc2Cl)C(=O)O)cc1. The van der Waals surface area contributed by atoms with Gasteiger partial charge in [-0.25, -0.2) is 4.79 Å². The summed E-state index contributed by atoms with van der Waals surface area (Å²) in [5, 5.41) is 22.7. The number of carbonyl (C=O) groups is 3. The number of carbonyl (C=O) groups excluding carboxylic acids is 1. The minimum Gasteiger partial charge on any atom is -0.480 e. The molecule has 4 rings (SSSR count). The highest BCUT2D eigenvalue weighted by Gasteiger charge is 2.22. The van der Waals surface area contributed by atoms with Crippen LogP contribution in [0.4, 0.5) is 0 Å². The summed E-state index contributed by atoms with van der Waals surface area (Å²) in [4.78, 5) is 38.0. The van der Waals surface area contributed by atoms with Crippen LogP contribution in [0, 0.1) is 0 Å². The molecular weight excluding hydrogens is 563 g/mol. The Bertz CT molecular complexity index is 1520. The number of benzene rings is 4. The molecule has 0 spiro atoms. The normalized spacial score (nSPS) is 11.7. The summed E-state index contributed by atoms with van der Waals surface area (Å²) in [6, 6.07) is 27.8. The molecule has 0 heterocycles. The van der Waals surface area contributed by atoms with Crippen molar-refractivity contribution >= 4 is 41.0 Å². The number of hydrogen-bond donors (Lipinski definition) is 3. The number of aliphatic carboxylic acids is 2. The maximum atomic E-state index is 12.6. The fourth-order valence-electron chi connectivity index (χ4n) is 4.53. The van der Waals surface area contributed by atoms with Crippen LogP contribution in [0.25, 0.3) is 11.1 Å². The molecular formula is C32H28Cl2N2O5. The number of nitrogens with one attached hydrogen (secondary N) is 1. The van der Waals surface area contributed by atoms with Crippen LogP contribution in [0.15, 0.2) is 97.1 Å². The van der Waals surface area contributed by atoms with Crippen molar-refractivity contribution in [2.24, 2.45) is 0 Å². The molecule has 1 amide bonds. The first-order valence-electron chi connectivity index (χ1n) is 12.8. The average molecular weight is 591 g/mol. The lowest BCUT2D eigenvalue weighted by Crippen LogP contribution is -2.42. The Morgan fingerprint density at radius 1 is 0.756 bits per heavy atom. The largest absolute Gasteiger partial charge is 0.480 e. The van der Waals surface area contributed by atoms with Gasteiger partial charge >= 0.3 is 11.9 Å². The number of nitrogens with zero attached hydrogens (tertiary/aromatic N) is 1. The van der Waals surface area contributed by atoms with Gasteiger partial charge in [-0.3, -0.25) is 14.5 Å². The third-order valence-electron chi connectivity index (χ3n) is 6.52. The number of amides is 1. The average Bonchev–Trinajstić information content (AvgIpc) is 2.94. The summed E-state index contributed by atoms with van der Waals surface area (Å²) in [5.74, 6) is -2.63. The molecule has 4 aromatic rings. The van der Waals surface area contributed by atoms with Gasteiger partial charge in [0.05, 0.1) is 17.1 Å². The van der Waals surface area contributed by atoms with Crippen LogP contribution in [0.5, 0.6) is 0 Å². The van der Waals surface area contributed by atoms with E-state index in [0.29, 0.717) is 18.1 Å². The number of halogens is 2. The van der Waals surface area contributed by atoms with Crippen molar-refractivity contribution in [3.8, 4) is 11.1 Å². The summed E-state index contributed by atoms with van der Waals surface area (Å²) in [7, 11) is 0. The topological polar surface area (TPSA) is 107 Å². The third kappa shape index (κ3) is 8.41. The van der Waals surface area contributed by atoms with E-state index in [2.05, 4.69) is 5.32 Å². The summed E-state index contributed by atoms with van der Waals surface area (Å²) < 4.78 is 0. The lowest BCUT2D eigenvalue weighted by Gasteiger charge is -2.22. The maximum Gasteiger partial charge on any atom is 0.326 e. The van der Waals surface area contributed by atoms with Gasteiger partial charge in [-0.15, -0.1) is 0 Å². The van der Waals surface area contributed by atoms with Crippen LogP contribution in [0.3, 0.4) is 0 Å². The van der Waals surface area contributed by atoms with Crippen molar-refractivity contribution in [3.05, 3.63) is 129 Å². The molecule has 210 valence electrons. The Hall–Kier alpha value is -4.17. The summed E-state index contributed by atoms with van der Waals surface area (Å²) in [6.45, 7) is 0.710. The Kier molecular flexibility index (Phi) is 10.1. The van der Waals surface area contributed by atoms with E-state index in [9.17, 15) is 24.6 Å². The van der Waals surface area contributed by atoms with Crippen molar-refractivity contribution < 1.29 is 24.6 Å². The molecule has 0 aliphatic heterocycles. The molecule has 9 heteroatoms. The number of carboxylic acid groups (broad SMARTS) is 2.